The Morgan fingerprint density at radius 2 is 1.44 bits per heavy atom. The first-order chi connectivity index (χ1) is 22.9. The molecule has 0 saturated heterocycles. The number of allylic oxidation sites excluding steroid dienone is 2. The fourth-order valence-corrected chi connectivity index (χ4v) is 7.38. The number of rotatable bonds is 9. The Kier molecular flexibility index (Phi) is 13.4. The summed E-state index contributed by atoms with van der Waals surface area (Å²) in [4.78, 5) is 22.1. The summed E-state index contributed by atoms with van der Waals surface area (Å²) in [5.41, 5.74) is 4.08. The van der Waals surface area contributed by atoms with E-state index in [4.69, 9.17) is 9.97 Å². The van der Waals surface area contributed by atoms with Gasteiger partial charge in [0.2, 0.25) is 0 Å². The molecule has 3 aromatic carbocycles. The number of fused-ring (bicyclic) bond motifs is 4. The average molecular weight is 870 g/mol. The number of thiazole rings is 1. The third-order valence-electron chi connectivity index (χ3n) is 10.5. The minimum absolute atomic E-state index is 0. The number of aromatic nitrogens is 2. The van der Waals surface area contributed by atoms with E-state index >= 15 is 0 Å². The second-order valence-corrected chi connectivity index (χ2v) is 17.4. The molecular formula is C44H57IrN2O2S-. The molecule has 0 unspecified atom stereocenters. The Hall–Kier alpha value is -2.92. The van der Waals surface area contributed by atoms with Crippen molar-refractivity contribution in [1.82, 2.24) is 9.97 Å². The molecule has 5 aromatic rings. The Morgan fingerprint density at radius 3 is 2.02 bits per heavy atom. The summed E-state index contributed by atoms with van der Waals surface area (Å²) >= 11 is 1.81. The van der Waals surface area contributed by atoms with Gasteiger partial charge in [-0.1, -0.05) is 118 Å². The summed E-state index contributed by atoms with van der Waals surface area (Å²) in [6, 6.07) is 21.0. The molecule has 6 heteroatoms. The van der Waals surface area contributed by atoms with Gasteiger partial charge in [0.1, 0.15) is 5.76 Å². The largest absolute Gasteiger partial charge is 0.512 e. The first kappa shape index (κ1) is 41.5. The van der Waals surface area contributed by atoms with Crippen molar-refractivity contribution in [2.24, 2.45) is 16.2 Å². The molecular weight excluding hydrogens is 813 g/mol. The monoisotopic (exact) mass is 870 g/mol. The SMILES string of the molecule is CC(C)(C)Cc1nc2c(ccc3c(-c4[c-]c5ccccc5c(C(C)(C)C)c4)nccc32)s1.CCC(C)(CC)C(=O)/C=C(\O)C(C)(CC)CC.[Ir]. The number of pyridine rings is 1. The fraction of sp³-hybridized carbons (Fsp3) is 0.477. The van der Waals surface area contributed by atoms with Crippen molar-refractivity contribution < 1.29 is 30.0 Å². The third-order valence-corrected chi connectivity index (χ3v) is 11.5. The second kappa shape index (κ2) is 16.2. The smallest absolute Gasteiger partial charge is 0.164 e. The molecule has 0 spiro atoms. The summed E-state index contributed by atoms with van der Waals surface area (Å²) in [5.74, 6) is 0.286. The Labute approximate surface area is 318 Å². The van der Waals surface area contributed by atoms with Crippen molar-refractivity contribution in [1.29, 1.82) is 0 Å². The van der Waals surface area contributed by atoms with E-state index in [1.165, 1.54) is 32.1 Å². The predicted molar refractivity (Wildman–Crippen MR) is 212 cm³/mol. The first-order valence-electron chi connectivity index (χ1n) is 18.0. The number of hydrogen-bond donors (Lipinski definition) is 1. The molecule has 2 aromatic heterocycles. The number of aliphatic hydroxyl groups excluding tert-OH is 1. The predicted octanol–water partition coefficient (Wildman–Crippen LogP) is 13.0. The van der Waals surface area contributed by atoms with Gasteiger partial charge < -0.3 is 5.11 Å². The number of nitrogens with zero attached hydrogens (tertiary/aromatic N) is 2. The minimum atomic E-state index is -0.337. The van der Waals surface area contributed by atoms with Gasteiger partial charge in [0, 0.05) is 60.7 Å². The van der Waals surface area contributed by atoms with Crippen LogP contribution in [0.5, 0.6) is 0 Å². The van der Waals surface area contributed by atoms with Crippen LogP contribution in [0.2, 0.25) is 0 Å². The van der Waals surface area contributed by atoms with Crippen molar-refractivity contribution in [2.45, 2.75) is 121 Å². The van der Waals surface area contributed by atoms with Crippen molar-refractivity contribution >= 4 is 48.9 Å². The van der Waals surface area contributed by atoms with E-state index in [0.717, 1.165) is 59.7 Å². The molecule has 50 heavy (non-hydrogen) atoms. The van der Waals surface area contributed by atoms with E-state index in [-0.39, 0.29) is 53.3 Å². The molecule has 0 aliphatic carbocycles. The molecule has 1 N–H and O–H groups in total. The number of carbonyl (C=O) groups is 1. The van der Waals surface area contributed by atoms with Crippen LogP contribution in [0.1, 0.15) is 119 Å². The first-order valence-corrected chi connectivity index (χ1v) is 18.8. The second-order valence-electron chi connectivity index (χ2n) is 16.3. The zero-order valence-corrected chi connectivity index (χ0v) is 35.5. The normalized spacial score (nSPS) is 12.9. The summed E-state index contributed by atoms with van der Waals surface area (Å²) in [6.45, 7) is 25.7. The van der Waals surface area contributed by atoms with E-state index in [0.29, 0.717) is 0 Å². The summed E-state index contributed by atoms with van der Waals surface area (Å²) in [5, 5.41) is 16.0. The standard InChI is InChI=1S/C29H29N2S.C15H28O2.Ir/c1-28(2,3)17-25-31-27-22-13-14-30-26(21(22)11-12-24(27)32-25)19-15-18-9-7-8-10-20(18)23(16-19)29(4,5)6;1-7-14(5,8-2)12(16)11-13(17)15(6,9-3)10-4;/h7-14,16H,17H2,1-6H3;11,16H,7-10H2,1-6H3;/q-1;;/b;12-11-;. The summed E-state index contributed by atoms with van der Waals surface area (Å²) in [6.07, 6.45) is 7.66. The zero-order valence-electron chi connectivity index (χ0n) is 32.3. The van der Waals surface area contributed by atoms with Crippen molar-refractivity contribution in [3.05, 3.63) is 83.2 Å². The maximum Gasteiger partial charge on any atom is 0.164 e. The maximum atomic E-state index is 12.2. The van der Waals surface area contributed by atoms with Crippen LogP contribution >= 0.6 is 11.3 Å². The van der Waals surface area contributed by atoms with Gasteiger partial charge in [-0.3, -0.25) is 9.78 Å². The zero-order chi connectivity index (χ0) is 36.4. The number of carbonyl (C=O) groups excluding carboxylic acids is 1. The number of ketones is 1. The van der Waals surface area contributed by atoms with E-state index in [9.17, 15) is 9.90 Å². The van der Waals surface area contributed by atoms with Gasteiger partial charge in [0.25, 0.3) is 0 Å². The van der Waals surface area contributed by atoms with E-state index in [1.807, 2.05) is 59.1 Å². The van der Waals surface area contributed by atoms with Gasteiger partial charge >= 0.3 is 0 Å². The number of hydrogen-bond acceptors (Lipinski definition) is 5. The topological polar surface area (TPSA) is 63.1 Å². The van der Waals surface area contributed by atoms with Crippen LogP contribution in [-0.2, 0) is 36.7 Å². The van der Waals surface area contributed by atoms with Crippen LogP contribution in [-0.4, -0.2) is 20.9 Å². The average Bonchev–Trinajstić information content (AvgIpc) is 3.48. The van der Waals surface area contributed by atoms with Crippen LogP contribution in [0.25, 0.3) is 43.0 Å². The van der Waals surface area contributed by atoms with Crippen molar-refractivity contribution in [2.75, 3.05) is 0 Å². The summed E-state index contributed by atoms with van der Waals surface area (Å²) < 4.78 is 1.24. The Morgan fingerprint density at radius 1 is 0.820 bits per heavy atom. The van der Waals surface area contributed by atoms with Crippen LogP contribution < -0.4 is 0 Å². The van der Waals surface area contributed by atoms with Crippen LogP contribution in [0.3, 0.4) is 0 Å². The number of benzene rings is 3. The van der Waals surface area contributed by atoms with Crippen molar-refractivity contribution in [3.8, 4) is 11.3 Å². The molecule has 2 heterocycles. The number of aliphatic hydroxyl groups is 1. The summed E-state index contributed by atoms with van der Waals surface area (Å²) in [7, 11) is 0. The molecule has 0 amide bonds. The van der Waals surface area contributed by atoms with Crippen LogP contribution in [0.4, 0.5) is 0 Å². The maximum absolute atomic E-state index is 12.2. The van der Waals surface area contributed by atoms with Gasteiger partial charge in [-0.25, -0.2) is 4.98 Å². The van der Waals surface area contributed by atoms with Crippen LogP contribution in [0.15, 0.2) is 66.6 Å². The Bertz CT molecular complexity index is 1970. The van der Waals surface area contributed by atoms with Gasteiger partial charge in [0.15, 0.2) is 5.78 Å². The fourth-order valence-electron chi connectivity index (χ4n) is 6.10. The molecule has 4 nitrogen and oxygen atoms in total. The third kappa shape index (κ3) is 9.11. The molecule has 0 bridgehead atoms. The minimum Gasteiger partial charge on any atom is -0.512 e. The molecule has 1 radical (unpaired) electrons. The molecule has 271 valence electrons. The van der Waals surface area contributed by atoms with Gasteiger partial charge in [-0.05, 0) is 54.0 Å². The van der Waals surface area contributed by atoms with E-state index in [1.54, 1.807) is 0 Å². The molecule has 0 aliphatic heterocycles. The van der Waals surface area contributed by atoms with Crippen molar-refractivity contribution in [3.63, 3.8) is 0 Å². The molecule has 0 aliphatic rings. The quantitative estimate of drug-likeness (QED) is 0.0911. The Balaban J connectivity index is 0.000000323. The van der Waals surface area contributed by atoms with Gasteiger partial charge in [-0.2, -0.15) is 0 Å². The molecule has 0 fully saturated rings. The molecule has 0 atom stereocenters. The van der Waals surface area contributed by atoms with Gasteiger partial charge in [0.05, 0.1) is 15.2 Å². The molecule has 5 rings (SSSR count). The molecule has 0 saturated carbocycles. The van der Waals surface area contributed by atoms with Gasteiger partial charge in [-0.15, -0.1) is 40.5 Å². The van der Waals surface area contributed by atoms with E-state index in [2.05, 4.69) is 96.1 Å². The van der Waals surface area contributed by atoms with E-state index < -0.39 is 0 Å². The van der Waals surface area contributed by atoms with Crippen LogP contribution in [0, 0.1) is 22.3 Å².